The molecule has 0 saturated carbocycles. The third-order valence-corrected chi connectivity index (χ3v) is 4.53. The molecule has 0 bridgehead atoms. The summed E-state index contributed by atoms with van der Waals surface area (Å²) in [4.78, 5) is 4.62. The Hall–Kier alpha value is -2.08. The van der Waals surface area contributed by atoms with Gasteiger partial charge >= 0.3 is 0 Å². The molecule has 0 aromatic heterocycles. The molecular formula is C20H26ClN3O2. The molecule has 1 aliphatic rings. The standard InChI is InChI=1S/C20H25N3O2.ClH/c1-22-11-13-23(14-12-22)15-20(21-24)18-7-9-19(10-8-18)25-16-17-5-3-2-4-6-17;/h2-10,24H,11-16H2,1H3;1H/b21-20-;. The van der Waals surface area contributed by atoms with E-state index in [0.29, 0.717) is 18.9 Å². The summed E-state index contributed by atoms with van der Waals surface area (Å²) in [6.45, 7) is 5.29. The van der Waals surface area contributed by atoms with Crippen LogP contribution in [-0.4, -0.2) is 60.5 Å². The Morgan fingerprint density at radius 3 is 2.27 bits per heavy atom. The van der Waals surface area contributed by atoms with Crippen molar-refractivity contribution in [1.82, 2.24) is 9.80 Å². The van der Waals surface area contributed by atoms with Crippen LogP contribution in [0.4, 0.5) is 0 Å². The molecular weight excluding hydrogens is 350 g/mol. The van der Waals surface area contributed by atoms with Gasteiger partial charge < -0.3 is 14.8 Å². The number of nitrogens with zero attached hydrogens (tertiary/aromatic N) is 3. The topological polar surface area (TPSA) is 48.3 Å². The van der Waals surface area contributed by atoms with Crippen molar-refractivity contribution in [2.24, 2.45) is 5.16 Å². The summed E-state index contributed by atoms with van der Waals surface area (Å²) < 4.78 is 5.80. The molecule has 2 aromatic carbocycles. The van der Waals surface area contributed by atoms with E-state index >= 15 is 0 Å². The summed E-state index contributed by atoms with van der Waals surface area (Å²) in [5, 5.41) is 12.9. The Balaban J connectivity index is 0.00000243. The lowest BCUT2D eigenvalue weighted by Gasteiger charge is -2.32. The smallest absolute Gasteiger partial charge is 0.119 e. The van der Waals surface area contributed by atoms with Crippen molar-refractivity contribution >= 4 is 18.1 Å². The molecule has 0 atom stereocenters. The molecule has 6 heteroatoms. The van der Waals surface area contributed by atoms with Crippen LogP contribution in [0.15, 0.2) is 59.8 Å². The number of hydrogen-bond donors (Lipinski definition) is 1. The summed E-state index contributed by atoms with van der Waals surface area (Å²) in [7, 11) is 2.13. The molecule has 0 amide bonds. The zero-order valence-corrected chi connectivity index (χ0v) is 15.9. The molecule has 2 aromatic rings. The molecule has 1 aliphatic heterocycles. The van der Waals surface area contributed by atoms with E-state index in [9.17, 15) is 5.21 Å². The minimum atomic E-state index is 0. The van der Waals surface area contributed by atoms with Crippen LogP contribution in [0.1, 0.15) is 11.1 Å². The van der Waals surface area contributed by atoms with Crippen LogP contribution in [0.3, 0.4) is 0 Å². The van der Waals surface area contributed by atoms with E-state index in [0.717, 1.165) is 43.1 Å². The van der Waals surface area contributed by atoms with Crippen LogP contribution in [0, 0.1) is 0 Å². The van der Waals surface area contributed by atoms with Crippen molar-refractivity contribution < 1.29 is 9.94 Å². The van der Waals surface area contributed by atoms with E-state index in [-0.39, 0.29) is 12.4 Å². The van der Waals surface area contributed by atoms with Crippen molar-refractivity contribution in [3.05, 3.63) is 65.7 Å². The lowest BCUT2D eigenvalue weighted by molar-refractivity contribution is 0.169. The van der Waals surface area contributed by atoms with E-state index < -0.39 is 0 Å². The highest BCUT2D eigenvalue weighted by Gasteiger charge is 2.16. The maximum Gasteiger partial charge on any atom is 0.119 e. The summed E-state index contributed by atoms with van der Waals surface area (Å²) in [5.74, 6) is 0.810. The predicted octanol–water partition coefficient (Wildman–Crippen LogP) is 3.11. The first-order valence-electron chi connectivity index (χ1n) is 8.63. The first-order valence-corrected chi connectivity index (χ1v) is 8.63. The third kappa shape index (κ3) is 5.73. The number of piperazine rings is 1. The van der Waals surface area contributed by atoms with Gasteiger partial charge in [-0.3, -0.25) is 4.90 Å². The molecule has 0 unspecified atom stereocenters. The molecule has 1 saturated heterocycles. The normalized spacial score (nSPS) is 16.1. The summed E-state index contributed by atoms with van der Waals surface area (Å²) in [5.41, 5.74) is 2.76. The molecule has 1 heterocycles. The highest BCUT2D eigenvalue weighted by atomic mass is 35.5. The van der Waals surface area contributed by atoms with Gasteiger partial charge in [0.2, 0.25) is 0 Å². The van der Waals surface area contributed by atoms with Gasteiger partial charge in [-0.1, -0.05) is 35.5 Å². The average molecular weight is 376 g/mol. The third-order valence-electron chi connectivity index (χ3n) is 4.53. The second-order valence-electron chi connectivity index (χ2n) is 6.42. The number of halogens is 1. The lowest BCUT2D eigenvalue weighted by atomic mass is 10.1. The van der Waals surface area contributed by atoms with E-state index in [1.54, 1.807) is 0 Å². The first-order chi connectivity index (χ1) is 12.2. The SMILES string of the molecule is CN1CCN(C/C(=N/O)c2ccc(OCc3ccccc3)cc2)CC1.Cl. The molecule has 0 aliphatic carbocycles. The lowest BCUT2D eigenvalue weighted by Crippen LogP contribution is -2.46. The highest BCUT2D eigenvalue weighted by Crippen LogP contribution is 2.15. The number of rotatable bonds is 6. The van der Waals surface area contributed by atoms with Gasteiger partial charge in [-0.25, -0.2) is 0 Å². The van der Waals surface area contributed by atoms with E-state index in [1.807, 2.05) is 54.6 Å². The monoisotopic (exact) mass is 375 g/mol. The Kier molecular flexibility index (Phi) is 7.91. The van der Waals surface area contributed by atoms with Gasteiger partial charge in [-0.2, -0.15) is 0 Å². The van der Waals surface area contributed by atoms with Gasteiger partial charge in [0.05, 0.1) is 0 Å². The number of ether oxygens (including phenoxy) is 1. The quantitative estimate of drug-likeness (QED) is 0.479. The molecule has 0 radical (unpaired) electrons. The Labute approximate surface area is 161 Å². The average Bonchev–Trinajstić information content (AvgIpc) is 2.67. The first kappa shape index (κ1) is 20.2. The largest absolute Gasteiger partial charge is 0.489 e. The van der Waals surface area contributed by atoms with Crippen molar-refractivity contribution in [3.63, 3.8) is 0 Å². The maximum atomic E-state index is 9.40. The van der Waals surface area contributed by atoms with Crippen molar-refractivity contribution in [1.29, 1.82) is 0 Å². The van der Waals surface area contributed by atoms with Crippen LogP contribution in [0.2, 0.25) is 0 Å². The van der Waals surface area contributed by atoms with Crippen LogP contribution >= 0.6 is 12.4 Å². The second kappa shape index (κ2) is 10.2. The summed E-state index contributed by atoms with van der Waals surface area (Å²) in [6, 6.07) is 17.8. The van der Waals surface area contributed by atoms with Crippen molar-refractivity contribution in [3.8, 4) is 5.75 Å². The molecule has 1 N–H and O–H groups in total. The fourth-order valence-corrected chi connectivity index (χ4v) is 2.88. The Bertz CT molecular complexity index is 684. The van der Waals surface area contributed by atoms with Crippen LogP contribution < -0.4 is 4.74 Å². The number of benzene rings is 2. The fraction of sp³-hybridized carbons (Fsp3) is 0.350. The second-order valence-corrected chi connectivity index (χ2v) is 6.42. The molecule has 1 fully saturated rings. The summed E-state index contributed by atoms with van der Waals surface area (Å²) in [6.07, 6.45) is 0. The summed E-state index contributed by atoms with van der Waals surface area (Å²) >= 11 is 0. The van der Waals surface area contributed by atoms with Crippen LogP contribution in [0.25, 0.3) is 0 Å². The zero-order valence-electron chi connectivity index (χ0n) is 15.0. The van der Waals surface area contributed by atoms with E-state index in [1.165, 1.54) is 0 Å². The zero-order chi connectivity index (χ0) is 17.5. The highest BCUT2D eigenvalue weighted by molar-refractivity contribution is 6.01. The van der Waals surface area contributed by atoms with Crippen molar-refractivity contribution in [2.45, 2.75) is 6.61 Å². The Morgan fingerprint density at radius 2 is 1.65 bits per heavy atom. The minimum absolute atomic E-state index is 0. The predicted molar refractivity (Wildman–Crippen MR) is 107 cm³/mol. The number of hydrogen-bond acceptors (Lipinski definition) is 5. The van der Waals surface area contributed by atoms with Gasteiger partial charge in [-0.15, -0.1) is 12.4 Å². The van der Waals surface area contributed by atoms with E-state index in [4.69, 9.17) is 4.74 Å². The van der Waals surface area contributed by atoms with Gasteiger partial charge in [0.1, 0.15) is 18.1 Å². The Morgan fingerprint density at radius 1 is 1.00 bits per heavy atom. The maximum absolute atomic E-state index is 9.40. The van der Waals surface area contributed by atoms with Gasteiger partial charge in [0, 0.05) is 38.3 Å². The molecule has 140 valence electrons. The number of oxime groups is 1. The molecule has 5 nitrogen and oxygen atoms in total. The number of likely N-dealkylation sites (N-methyl/N-ethyl adjacent to an activating group) is 1. The fourth-order valence-electron chi connectivity index (χ4n) is 2.88. The molecule has 0 spiro atoms. The van der Waals surface area contributed by atoms with Crippen LogP contribution in [0.5, 0.6) is 5.75 Å². The van der Waals surface area contributed by atoms with Crippen molar-refractivity contribution in [2.75, 3.05) is 39.8 Å². The minimum Gasteiger partial charge on any atom is -0.489 e. The molecule has 26 heavy (non-hydrogen) atoms. The molecule has 3 rings (SSSR count). The van der Waals surface area contributed by atoms with Gasteiger partial charge in [-0.05, 0) is 36.9 Å². The van der Waals surface area contributed by atoms with Crippen LogP contribution in [-0.2, 0) is 6.61 Å². The van der Waals surface area contributed by atoms with E-state index in [2.05, 4.69) is 22.0 Å². The van der Waals surface area contributed by atoms with Gasteiger partial charge in [0.25, 0.3) is 0 Å². The van der Waals surface area contributed by atoms with Gasteiger partial charge in [0.15, 0.2) is 0 Å².